The Bertz CT molecular complexity index is 214. The number of carbonyl (C=O) groups is 1. The molecule has 0 aromatic carbocycles. The lowest BCUT2D eigenvalue weighted by atomic mass is 10.0. The van der Waals surface area contributed by atoms with E-state index in [1.54, 1.807) is 0 Å². The average molecular weight is 184 g/mol. The zero-order valence-corrected chi connectivity index (χ0v) is 8.16. The predicted octanol–water partition coefficient (Wildman–Crippen LogP) is 1.51. The Hall–Kier alpha value is -0.570. The molecule has 0 N–H and O–H groups in total. The lowest BCUT2D eigenvalue weighted by Crippen LogP contribution is -2.34. The van der Waals surface area contributed by atoms with Gasteiger partial charge < -0.3 is 9.47 Å². The first-order chi connectivity index (χ1) is 6.16. The maximum absolute atomic E-state index is 11.5. The Balaban J connectivity index is 2.11. The Morgan fingerprint density at radius 2 is 2.08 bits per heavy atom. The molecule has 3 nitrogen and oxygen atoms in total. The Morgan fingerprint density at radius 1 is 1.31 bits per heavy atom. The van der Waals surface area contributed by atoms with Gasteiger partial charge >= 0.3 is 5.97 Å². The summed E-state index contributed by atoms with van der Waals surface area (Å²) in [4.78, 5) is 11.5. The van der Waals surface area contributed by atoms with E-state index in [0.29, 0.717) is 6.10 Å². The van der Waals surface area contributed by atoms with Gasteiger partial charge in [-0.2, -0.15) is 0 Å². The van der Waals surface area contributed by atoms with Crippen LogP contribution in [0.3, 0.4) is 0 Å². The zero-order valence-electron chi connectivity index (χ0n) is 8.16. The summed E-state index contributed by atoms with van der Waals surface area (Å²) in [6, 6.07) is 0. The molecular formula is C10H16O3. The molecular weight excluding hydrogens is 168 g/mol. The zero-order chi connectivity index (χ0) is 9.42. The molecule has 0 unspecified atom stereocenters. The van der Waals surface area contributed by atoms with Crippen molar-refractivity contribution >= 4 is 5.97 Å². The molecule has 0 spiro atoms. The molecule has 13 heavy (non-hydrogen) atoms. The van der Waals surface area contributed by atoms with E-state index in [0.717, 1.165) is 19.3 Å². The van der Waals surface area contributed by atoms with E-state index < -0.39 is 0 Å². The fourth-order valence-corrected chi connectivity index (χ4v) is 2.15. The van der Waals surface area contributed by atoms with Crippen LogP contribution in [-0.4, -0.2) is 24.3 Å². The van der Waals surface area contributed by atoms with Gasteiger partial charge in [-0.3, -0.25) is 4.79 Å². The molecule has 0 saturated carbocycles. The highest BCUT2D eigenvalue weighted by atomic mass is 16.6. The third-order valence-electron chi connectivity index (χ3n) is 2.98. The lowest BCUT2D eigenvalue weighted by Gasteiger charge is -2.26. The van der Waals surface area contributed by atoms with Crippen LogP contribution in [0.2, 0.25) is 0 Å². The van der Waals surface area contributed by atoms with Gasteiger partial charge in [-0.05, 0) is 26.7 Å². The van der Waals surface area contributed by atoms with E-state index in [1.807, 2.05) is 13.8 Å². The number of carbonyl (C=O) groups excluding carboxylic acids is 1. The van der Waals surface area contributed by atoms with Crippen LogP contribution in [0.15, 0.2) is 0 Å². The van der Waals surface area contributed by atoms with Crippen molar-refractivity contribution in [3.63, 3.8) is 0 Å². The van der Waals surface area contributed by atoms with Crippen LogP contribution in [0.5, 0.6) is 0 Å². The van der Waals surface area contributed by atoms with E-state index in [9.17, 15) is 4.79 Å². The third kappa shape index (κ3) is 1.70. The molecule has 2 heterocycles. The number of fused-ring (bicyclic) bond motifs is 2. The van der Waals surface area contributed by atoms with Crippen molar-refractivity contribution in [2.45, 2.75) is 51.4 Å². The van der Waals surface area contributed by atoms with Gasteiger partial charge in [0, 0.05) is 6.42 Å². The smallest absolute Gasteiger partial charge is 0.311 e. The minimum atomic E-state index is -0.0992. The molecule has 74 valence electrons. The van der Waals surface area contributed by atoms with E-state index in [-0.39, 0.29) is 24.1 Å². The minimum absolute atomic E-state index is 0.0130. The van der Waals surface area contributed by atoms with Gasteiger partial charge in [0.1, 0.15) is 6.10 Å². The Morgan fingerprint density at radius 3 is 2.85 bits per heavy atom. The van der Waals surface area contributed by atoms with Crippen LogP contribution in [0.4, 0.5) is 0 Å². The first-order valence-corrected chi connectivity index (χ1v) is 5.03. The van der Waals surface area contributed by atoms with Crippen LogP contribution < -0.4 is 0 Å². The van der Waals surface area contributed by atoms with Crippen molar-refractivity contribution < 1.29 is 14.3 Å². The number of esters is 1. The lowest BCUT2D eigenvalue weighted by molar-refractivity contribution is -0.164. The molecule has 0 amide bonds. The molecule has 2 fully saturated rings. The molecule has 3 heteroatoms. The van der Waals surface area contributed by atoms with Crippen LogP contribution in [0.1, 0.15) is 33.1 Å². The summed E-state index contributed by atoms with van der Waals surface area (Å²) in [6.07, 6.45) is 3.37. The molecule has 2 bridgehead atoms. The second-order valence-corrected chi connectivity index (χ2v) is 4.15. The Kier molecular flexibility index (Phi) is 2.28. The minimum Gasteiger partial charge on any atom is -0.462 e. The molecule has 2 aliphatic rings. The molecule has 0 radical (unpaired) electrons. The summed E-state index contributed by atoms with van der Waals surface area (Å²) < 4.78 is 11.0. The number of hydrogen-bond acceptors (Lipinski definition) is 3. The highest BCUT2D eigenvalue weighted by Crippen LogP contribution is 2.31. The summed E-state index contributed by atoms with van der Waals surface area (Å²) in [5.41, 5.74) is 0. The number of ether oxygens (including phenoxy) is 2. The van der Waals surface area contributed by atoms with Crippen molar-refractivity contribution in [2.75, 3.05) is 0 Å². The van der Waals surface area contributed by atoms with Crippen LogP contribution in [0.25, 0.3) is 0 Å². The highest BCUT2D eigenvalue weighted by Gasteiger charge is 2.37. The third-order valence-corrected chi connectivity index (χ3v) is 2.98. The van der Waals surface area contributed by atoms with Gasteiger partial charge in [0.25, 0.3) is 0 Å². The Labute approximate surface area is 78.4 Å². The molecule has 0 aliphatic carbocycles. The monoisotopic (exact) mass is 184 g/mol. The fraction of sp³-hybridized carbons (Fsp3) is 0.900. The SMILES string of the molecule is C[C@@H]1C(=O)O[C@@H](C)C[C@H]2CC[C@@H]1O2. The first-order valence-electron chi connectivity index (χ1n) is 5.03. The van der Waals surface area contributed by atoms with Crippen LogP contribution in [-0.2, 0) is 14.3 Å². The van der Waals surface area contributed by atoms with Crippen molar-refractivity contribution in [1.82, 2.24) is 0 Å². The number of rotatable bonds is 0. The van der Waals surface area contributed by atoms with Crippen molar-refractivity contribution in [2.24, 2.45) is 5.92 Å². The van der Waals surface area contributed by atoms with Crippen molar-refractivity contribution in [1.29, 1.82) is 0 Å². The fourth-order valence-electron chi connectivity index (χ4n) is 2.15. The molecule has 0 aromatic rings. The number of hydrogen-bond donors (Lipinski definition) is 0. The van der Waals surface area contributed by atoms with Crippen LogP contribution in [0, 0.1) is 5.92 Å². The van der Waals surface area contributed by atoms with Gasteiger partial charge in [0.15, 0.2) is 0 Å². The first kappa shape index (κ1) is 9.00. The summed E-state index contributed by atoms with van der Waals surface area (Å²) in [6.45, 7) is 3.83. The highest BCUT2D eigenvalue weighted by molar-refractivity contribution is 5.73. The topological polar surface area (TPSA) is 35.5 Å². The van der Waals surface area contributed by atoms with Gasteiger partial charge in [-0.25, -0.2) is 0 Å². The average Bonchev–Trinajstić information content (AvgIpc) is 2.50. The number of cyclic esters (lactones) is 1. The van der Waals surface area contributed by atoms with E-state index in [1.165, 1.54) is 0 Å². The van der Waals surface area contributed by atoms with Gasteiger partial charge in [0.2, 0.25) is 0 Å². The van der Waals surface area contributed by atoms with Crippen LogP contribution >= 0.6 is 0 Å². The quantitative estimate of drug-likeness (QED) is 0.535. The molecule has 4 atom stereocenters. The summed E-state index contributed by atoms with van der Waals surface area (Å²) in [7, 11) is 0. The van der Waals surface area contributed by atoms with E-state index in [2.05, 4.69) is 0 Å². The molecule has 0 aromatic heterocycles. The second-order valence-electron chi connectivity index (χ2n) is 4.15. The molecule has 2 saturated heterocycles. The van der Waals surface area contributed by atoms with Crippen molar-refractivity contribution in [3.05, 3.63) is 0 Å². The van der Waals surface area contributed by atoms with E-state index in [4.69, 9.17) is 9.47 Å². The maximum atomic E-state index is 11.5. The summed E-state index contributed by atoms with van der Waals surface area (Å²) in [5.74, 6) is -0.189. The molecule has 2 rings (SSSR count). The maximum Gasteiger partial charge on any atom is 0.311 e. The summed E-state index contributed by atoms with van der Waals surface area (Å²) in [5, 5.41) is 0. The molecule has 2 aliphatic heterocycles. The van der Waals surface area contributed by atoms with E-state index >= 15 is 0 Å². The van der Waals surface area contributed by atoms with Crippen molar-refractivity contribution in [3.8, 4) is 0 Å². The van der Waals surface area contributed by atoms with Gasteiger partial charge in [-0.15, -0.1) is 0 Å². The van der Waals surface area contributed by atoms with Gasteiger partial charge in [-0.1, -0.05) is 0 Å². The standard InChI is InChI=1S/C10H16O3/c1-6-5-8-3-4-9(13-8)7(2)10(11)12-6/h6-9H,3-5H2,1-2H3/t6-,7-,8+,9-/m0/s1. The largest absolute Gasteiger partial charge is 0.462 e. The van der Waals surface area contributed by atoms with Gasteiger partial charge in [0.05, 0.1) is 18.1 Å². The second kappa shape index (κ2) is 3.29. The normalized spacial score (nSPS) is 45.2. The predicted molar refractivity (Wildman–Crippen MR) is 47.2 cm³/mol. The summed E-state index contributed by atoms with van der Waals surface area (Å²) >= 11 is 0.